The summed E-state index contributed by atoms with van der Waals surface area (Å²) >= 11 is 0. The Hall–Kier alpha value is -1.73. The van der Waals surface area contributed by atoms with Gasteiger partial charge >= 0.3 is 0 Å². The molecule has 1 aromatic rings. The maximum absolute atomic E-state index is 8.80. The van der Waals surface area contributed by atoms with Crippen molar-refractivity contribution in [3.8, 4) is 6.07 Å². The van der Waals surface area contributed by atoms with Crippen LogP contribution >= 0.6 is 0 Å². The summed E-state index contributed by atoms with van der Waals surface area (Å²) < 4.78 is 5.38. The monoisotopic (exact) mass is 259 g/mol. The first-order valence-corrected chi connectivity index (χ1v) is 6.75. The van der Waals surface area contributed by atoms with E-state index in [-0.39, 0.29) is 0 Å². The van der Waals surface area contributed by atoms with E-state index in [1.165, 1.54) is 0 Å². The number of nitrogens with two attached hydrogens (primary N) is 1. The van der Waals surface area contributed by atoms with Crippen LogP contribution in [0.25, 0.3) is 0 Å². The maximum atomic E-state index is 8.80. The minimum atomic E-state index is 0.366. The average Bonchev–Trinajstić information content (AvgIpc) is 2.42. The van der Waals surface area contributed by atoms with Crippen LogP contribution in [0.5, 0.6) is 0 Å². The van der Waals surface area contributed by atoms with Gasteiger partial charge in [0.05, 0.1) is 12.5 Å². The van der Waals surface area contributed by atoms with E-state index < -0.39 is 0 Å². The van der Waals surface area contributed by atoms with Gasteiger partial charge in [0.25, 0.3) is 0 Å². The van der Waals surface area contributed by atoms with Crippen molar-refractivity contribution in [3.63, 3.8) is 0 Å². The first-order valence-electron chi connectivity index (χ1n) is 6.75. The lowest BCUT2D eigenvalue weighted by atomic mass is 9.99. The summed E-state index contributed by atoms with van der Waals surface area (Å²) in [6.45, 7) is 2.78. The molecule has 1 aromatic carbocycles. The molecule has 0 atom stereocenters. The van der Waals surface area contributed by atoms with Gasteiger partial charge in [-0.15, -0.1) is 0 Å². The fourth-order valence-corrected chi connectivity index (χ4v) is 2.49. The molecule has 0 bridgehead atoms. The predicted octanol–water partition coefficient (Wildman–Crippen LogP) is 2.20. The van der Waals surface area contributed by atoms with E-state index >= 15 is 0 Å². The molecular weight excluding hydrogens is 238 g/mol. The minimum Gasteiger partial charge on any atom is -0.398 e. The number of nitriles is 1. The molecule has 4 nitrogen and oxygen atoms in total. The van der Waals surface area contributed by atoms with Gasteiger partial charge < -0.3 is 15.4 Å². The van der Waals surface area contributed by atoms with Gasteiger partial charge in [0.1, 0.15) is 0 Å². The highest BCUT2D eigenvalue weighted by atomic mass is 16.5. The van der Waals surface area contributed by atoms with Crippen LogP contribution < -0.4 is 10.6 Å². The van der Waals surface area contributed by atoms with Crippen LogP contribution in [-0.4, -0.2) is 26.8 Å². The van der Waals surface area contributed by atoms with Crippen LogP contribution in [0.3, 0.4) is 0 Å². The van der Waals surface area contributed by atoms with Crippen molar-refractivity contribution in [2.75, 3.05) is 37.4 Å². The molecule has 0 spiro atoms. The smallest absolute Gasteiger partial charge is 0.0670 e. The third-order valence-electron chi connectivity index (χ3n) is 3.71. The van der Waals surface area contributed by atoms with Gasteiger partial charge in [-0.25, -0.2) is 0 Å². The fourth-order valence-electron chi connectivity index (χ4n) is 2.49. The Morgan fingerprint density at radius 1 is 1.42 bits per heavy atom. The molecule has 0 radical (unpaired) electrons. The molecule has 0 unspecified atom stereocenters. The van der Waals surface area contributed by atoms with Crippen molar-refractivity contribution >= 4 is 11.4 Å². The van der Waals surface area contributed by atoms with Crippen molar-refractivity contribution in [1.82, 2.24) is 0 Å². The molecule has 0 aliphatic carbocycles. The second kappa shape index (κ2) is 6.44. The molecule has 2 N–H and O–H groups in total. The lowest BCUT2D eigenvalue weighted by Crippen LogP contribution is -2.29. The highest BCUT2D eigenvalue weighted by Gasteiger charge is 2.16. The van der Waals surface area contributed by atoms with Crippen LogP contribution in [0.15, 0.2) is 18.2 Å². The van der Waals surface area contributed by atoms with Crippen LogP contribution in [0.1, 0.15) is 18.4 Å². The van der Waals surface area contributed by atoms with Gasteiger partial charge in [0.15, 0.2) is 0 Å². The quantitative estimate of drug-likeness (QED) is 0.842. The Morgan fingerprint density at radius 3 is 2.84 bits per heavy atom. The summed E-state index contributed by atoms with van der Waals surface area (Å²) in [5, 5.41) is 8.80. The zero-order chi connectivity index (χ0) is 13.7. The lowest BCUT2D eigenvalue weighted by Gasteiger charge is -2.28. The molecule has 4 heteroatoms. The molecule has 0 saturated carbocycles. The Balaban J connectivity index is 2.03. The van der Waals surface area contributed by atoms with E-state index in [9.17, 15) is 0 Å². The summed E-state index contributed by atoms with van der Waals surface area (Å²) in [5.74, 6) is 0.690. The van der Waals surface area contributed by atoms with Crippen molar-refractivity contribution < 1.29 is 4.74 Å². The molecule has 1 aliphatic rings. The van der Waals surface area contributed by atoms with Crippen molar-refractivity contribution in [2.45, 2.75) is 19.3 Å². The average molecular weight is 259 g/mol. The summed E-state index contributed by atoms with van der Waals surface area (Å²) in [6.07, 6.45) is 2.62. The molecule has 0 aromatic heterocycles. The summed E-state index contributed by atoms with van der Waals surface area (Å²) in [6, 6.07) is 8.10. The topological polar surface area (TPSA) is 62.3 Å². The number of benzene rings is 1. The largest absolute Gasteiger partial charge is 0.398 e. The first-order chi connectivity index (χ1) is 9.20. The molecule has 0 amide bonds. The highest BCUT2D eigenvalue weighted by Crippen LogP contribution is 2.23. The molecule has 102 valence electrons. The standard InChI is InChI=1S/C15H21N3O/c1-18(11-12-5-8-19-9-6-12)14-2-3-15(17)13(10-14)4-7-16/h2-3,10,12H,4-6,8-9,11,17H2,1H3. The minimum absolute atomic E-state index is 0.366. The zero-order valence-corrected chi connectivity index (χ0v) is 11.4. The number of nitrogens with zero attached hydrogens (tertiary/aromatic N) is 2. The lowest BCUT2D eigenvalue weighted by molar-refractivity contribution is 0.0685. The molecule has 1 saturated heterocycles. The SMILES string of the molecule is CN(CC1CCOCC1)c1ccc(N)c(CC#N)c1. The van der Waals surface area contributed by atoms with Crippen molar-refractivity contribution in [2.24, 2.45) is 5.92 Å². The van der Waals surface area contributed by atoms with Crippen molar-refractivity contribution in [3.05, 3.63) is 23.8 Å². The summed E-state index contributed by atoms with van der Waals surface area (Å²) in [4.78, 5) is 2.25. The first kappa shape index (κ1) is 13.7. The van der Waals surface area contributed by atoms with Gasteiger partial charge in [-0.2, -0.15) is 5.26 Å². The Bertz CT molecular complexity index is 461. The number of ether oxygens (including phenoxy) is 1. The van der Waals surface area contributed by atoms with E-state index in [0.29, 0.717) is 18.0 Å². The summed E-state index contributed by atoms with van der Waals surface area (Å²) in [5.41, 5.74) is 8.62. The summed E-state index contributed by atoms with van der Waals surface area (Å²) in [7, 11) is 2.09. The zero-order valence-electron chi connectivity index (χ0n) is 11.4. The van der Waals surface area contributed by atoms with E-state index in [4.69, 9.17) is 15.7 Å². The molecule has 1 fully saturated rings. The Morgan fingerprint density at radius 2 is 2.16 bits per heavy atom. The van der Waals surface area contributed by atoms with Crippen LogP contribution in [0, 0.1) is 17.2 Å². The molecule has 1 aliphatic heterocycles. The van der Waals surface area contributed by atoms with Gasteiger partial charge in [-0.05, 0) is 42.5 Å². The molecule has 19 heavy (non-hydrogen) atoms. The van der Waals surface area contributed by atoms with E-state index in [0.717, 1.165) is 43.9 Å². The number of nitrogen functional groups attached to an aromatic ring is 1. The fraction of sp³-hybridized carbons (Fsp3) is 0.533. The third kappa shape index (κ3) is 3.62. The number of hydrogen-bond acceptors (Lipinski definition) is 4. The van der Waals surface area contributed by atoms with Crippen molar-refractivity contribution in [1.29, 1.82) is 5.26 Å². The van der Waals surface area contributed by atoms with Crippen LogP contribution in [0.4, 0.5) is 11.4 Å². The van der Waals surface area contributed by atoms with Gasteiger partial charge in [0.2, 0.25) is 0 Å². The Kier molecular flexibility index (Phi) is 4.64. The van der Waals surface area contributed by atoms with E-state index in [1.54, 1.807) is 0 Å². The Labute approximate surface area is 114 Å². The molecule has 1 heterocycles. The van der Waals surface area contributed by atoms with Crippen LogP contribution in [0.2, 0.25) is 0 Å². The number of hydrogen-bond donors (Lipinski definition) is 1. The number of anilines is 2. The third-order valence-corrected chi connectivity index (χ3v) is 3.71. The second-order valence-electron chi connectivity index (χ2n) is 5.15. The highest BCUT2D eigenvalue weighted by molar-refractivity contribution is 5.59. The normalized spacial score (nSPS) is 16.0. The van der Waals surface area contributed by atoms with E-state index in [2.05, 4.69) is 18.0 Å². The number of rotatable bonds is 4. The maximum Gasteiger partial charge on any atom is 0.0670 e. The molecule has 2 rings (SSSR count). The van der Waals surface area contributed by atoms with Gasteiger partial charge in [-0.3, -0.25) is 0 Å². The predicted molar refractivity (Wildman–Crippen MR) is 77.0 cm³/mol. The second-order valence-corrected chi connectivity index (χ2v) is 5.15. The van der Waals surface area contributed by atoms with Crippen LogP contribution in [-0.2, 0) is 11.2 Å². The van der Waals surface area contributed by atoms with Gasteiger partial charge in [0, 0.05) is 38.2 Å². The van der Waals surface area contributed by atoms with Gasteiger partial charge in [-0.1, -0.05) is 0 Å². The molecular formula is C15H21N3O. The van der Waals surface area contributed by atoms with E-state index in [1.807, 2.05) is 18.2 Å².